The highest BCUT2D eigenvalue weighted by Crippen LogP contribution is 2.49. The quantitative estimate of drug-likeness (QED) is 0.845. The Balaban J connectivity index is 1.51. The summed E-state index contributed by atoms with van der Waals surface area (Å²) in [6, 6.07) is 3.96. The van der Waals surface area contributed by atoms with E-state index in [-0.39, 0.29) is 24.3 Å². The monoisotopic (exact) mass is 377 g/mol. The molecule has 4 rings (SSSR count). The van der Waals surface area contributed by atoms with E-state index in [1.54, 1.807) is 11.0 Å². The maximum Gasteiger partial charge on any atom is 0.321 e. The molecule has 3 aliphatic rings. The number of aliphatic carboxylic acids is 1. The van der Waals surface area contributed by atoms with Crippen molar-refractivity contribution in [2.75, 3.05) is 49.6 Å². The van der Waals surface area contributed by atoms with Gasteiger partial charge in [0.15, 0.2) is 0 Å². The van der Waals surface area contributed by atoms with Crippen molar-refractivity contribution in [2.24, 2.45) is 11.3 Å². The molecule has 0 aromatic heterocycles. The molecule has 0 radical (unpaired) electrons. The Morgan fingerprint density at radius 2 is 2.07 bits per heavy atom. The van der Waals surface area contributed by atoms with Gasteiger partial charge in [-0.05, 0) is 37.0 Å². The van der Waals surface area contributed by atoms with Crippen LogP contribution >= 0.6 is 0 Å². The molecule has 2 saturated heterocycles. The largest absolute Gasteiger partial charge is 0.481 e. The zero-order chi connectivity index (χ0) is 19.0. The highest BCUT2D eigenvalue weighted by atomic mass is 19.1. The minimum atomic E-state index is -0.812. The lowest BCUT2D eigenvalue weighted by Crippen LogP contribution is -2.39. The highest BCUT2D eigenvalue weighted by Gasteiger charge is 2.55. The van der Waals surface area contributed by atoms with Crippen LogP contribution in [-0.4, -0.2) is 61.4 Å². The van der Waals surface area contributed by atoms with Crippen LogP contribution in [-0.2, 0) is 9.53 Å². The van der Waals surface area contributed by atoms with Crippen molar-refractivity contribution >= 4 is 23.4 Å². The van der Waals surface area contributed by atoms with Gasteiger partial charge in [0, 0.05) is 26.2 Å². The molecule has 3 fully saturated rings. The van der Waals surface area contributed by atoms with E-state index in [4.69, 9.17) is 4.74 Å². The molecule has 0 spiro atoms. The summed E-state index contributed by atoms with van der Waals surface area (Å²) in [6.07, 6.45) is 2.35. The number of carbonyl (C=O) groups excluding carboxylic acids is 1. The van der Waals surface area contributed by atoms with E-state index >= 15 is 0 Å². The minimum Gasteiger partial charge on any atom is -0.481 e. The fourth-order valence-electron chi connectivity index (χ4n) is 4.66. The lowest BCUT2D eigenvalue weighted by molar-refractivity contribution is -0.149. The first-order chi connectivity index (χ1) is 13.0. The summed E-state index contributed by atoms with van der Waals surface area (Å²) >= 11 is 0. The Morgan fingerprint density at radius 1 is 1.30 bits per heavy atom. The summed E-state index contributed by atoms with van der Waals surface area (Å²) in [6.45, 7) is 3.04. The second-order valence-corrected chi connectivity index (χ2v) is 7.62. The molecule has 7 nitrogen and oxygen atoms in total. The van der Waals surface area contributed by atoms with Gasteiger partial charge in [-0.1, -0.05) is 6.42 Å². The summed E-state index contributed by atoms with van der Waals surface area (Å²) in [5.74, 6) is -1.17. The van der Waals surface area contributed by atoms with Crippen LogP contribution in [0.2, 0.25) is 0 Å². The molecule has 8 heteroatoms. The smallest absolute Gasteiger partial charge is 0.321 e. The van der Waals surface area contributed by atoms with E-state index in [1.165, 1.54) is 12.1 Å². The van der Waals surface area contributed by atoms with E-state index in [9.17, 15) is 19.1 Å². The molecule has 2 heterocycles. The molecule has 2 atom stereocenters. The molecular formula is C19H24FN3O4. The van der Waals surface area contributed by atoms with Gasteiger partial charge in [-0.25, -0.2) is 9.18 Å². The number of hydrogen-bond donors (Lipinski definition) is 2. The normalized spacial score (nSPS) is 27.5. The predicted octanol–water partition coefficient (Wildman–Crippen LogP) is 2.38. The fourth-order valence-corrected chi connectivity index (χ4v) is 4.66. The summed E-state index contributed by atoms with van der Waals surface area (Å²) in [5.41, 5.74) is 0.344. The molecule has 0 unspecified atom stereocenters. The Hall–Kier alpha value is -2.35. The van der Waals surface area contributed by atoms with Crippen LogP contribution in [0.1, 0.15) is 19.3 Å². The SMILES string of the molecule is O=C(Nc1ccc(F)cc1N1CCOCC1)N1C[C@@H]2CCC[C@@]2(C(=O)O)C1. The molecule has 0 bridgehead atoms. The number of fused-ring (bicyclic) bond motifs is 1. The first kappa shape index (κ1) is 18.0. The number of urea groups is 1. The van der Waals surface area contributed by atoms with Gasteiger partial charge in [0.25, 0.3) is 0 Å². The van der Waals surface area contributed by atoms with Crippen molar-refractivity contribution in [3.8, 4) is 0 Å². The van der Waals surface area contributed by atoms with Gasteiger partial charge in [0.1, 0.15) is 5.82 Å². The molecule has 2 amide bonds. The average Bonchev–Trinajstić information content (AvgIpc) is 3.22. The molecule has 1 aromatic carbocycles. The van der Waals surface area contributed by atoms with Crippen LogP contribution in [0.25, 0.3) is 0 Å². The maximum atomic E-state index is 13.8. The molecule has 27 heavy (non-hydrogen) atoms. The van der Waals surface area contributed by atoms with Crippen LogP contribution in [0.3, 0.4) is 0 Å². The minimum absolute atomic E-state index is 0.00711. The van der Waals surface area contributed by atoms with Gasteiger partial charge in [-0.2, -0.15) is 0 Å². The van der Waals surface area contributed by atoms with Crippen molar-refractivity contribution in [3.05, 3.63) is 24.0 Å². The standard InChI is InChI=1S/C19H24FN3O4/c20-14-3-4-15(16(10-14)22-6-8-27-9-7-22)21-18(26)23-11-13-2-1-5-19(13,12-23)17(24)25/h3-4,10,13H,1-2,5-9,11-12H2,(H,21,26)(H,24,25)/t13-,19+/m0/s1. The molecule has 1 aliphatic carbocycles. The third-order valence-electron chi connectivity index (χ3n) is 6.14. The van der Waals surface area contributed by atoms with Gasteiger partial charge in [0.2, 0.25) is 0 Å². The van der Waals surface area contributed by atoms with Crippen LogP contribution in [0.5, 0.6) is 0 Å². The van der Waals surface area contributed by atoms with Crippen LogP contribution < -0.4 is 10.2 Å². The van der Waals surface area contributed by atoms with E-state index in [2.05, 4.69) is 5.32 Å². The highest BCUT2D eigenvalue weighted by molar-refractivity contribution is 5.94. The van der Waals surface area contributed by atoms with E-state index in [0.29, 0.717) is 50.6 Å². The molecule has 1 aromatic rings. The first-order valence-electron chi connectivity index (χ1n) is 9.41. The summed E-state index contributed by atoms with van der Waals surface area (Å²) in [5, 5.41) is 12.6. The average molecular weight is 377 g/mol. The van der Waals surface area contributed by atoms with Crippen LogP contribution in [0.4, 0.5) is 20.6 Å². The number of benzene rings is 1. The molecular weight excluding hydrogens is 353 g/mol. The maximum absolute atomic E-state index is 13.8. The number of nitrogens with one attached hydrogen (secondary N) is 1. The van der Waals surface area contributed by atoms with Gasteiger partial charge in [-0.3, -0.25) is 4.79 Å². The number of carbonyl (C=O) groups is 2. The summed E-state index contributed by atoms with van der Waals surface area (Å²) in [7, 11) is 0. The second kappa shape index (κ2) is 6.99. The number of carboxylic acids is 1. The fraction of sp³-hybridized carbons (Fsp3) is 0.579. The van der Waals surface area contributed by atoms with E-state index in [1.807, 2.05) is 4.90 Å². The van der Waals surface area contributed by atoms with Gasteiger partial charge < -0.3 is 25.0 Å². The van der Waals surface area contributed by atoms with Crippen molar-refractivity contribution in [1.29, 1.82) is 0 Å². The molecule has 2 N–H and O–H groups in total. The number of rotatable bonds is 3. The first-order valence-corrected chi connectivity index (χ1v) is 9.41. The number of halogens is 1. The van der Waals surface area contributed by atoms with Crippen molar-refractivity contribution in [2.45, 2.75) is 19.3 Å². The molecule has 146 valence electrons. The Kier molecular flexibility index (Phi) is 4.67. The number of nitrogens with zero attached hydrogens (tertiary/aromatic N) is 2. The Morgan fingerprint density at radius 3 is 2.78 bits per heavy atom. The summed E-state index contributed by atoms with van der Waals surface area (Å²) in [4.78, 5) is 28.2. The predicted molar refractivity (Wildman–Crippen MR) is 97.4 cm³/mol. The number of carboxylic acid groups (broad SMARTS) is 1. The number of anilines is 2. The number of likely N-dealkylation sites (tertiary alicyclic amines) is 1. The third kappa shape index (κ3) is 3.22. The number of morpholine rings is 1. The van der Waals surface area contributed by atoms with Crippen LogP contribution in [0, 0.1) is 17.2 Å². The lowest BCUT2D eigenvalue weighted by Gasteiger charge is -2.31. The summed E-state index contributed by atoms with van der Waals surface area (Å²) < 4.78 is 19.1. The third-order valence-corrected chi connectivity index (χ3v) is 6.14. The number of hydrogen-bond acceptors (Lipinski definition) is 4. The van der Waals surface area contributed by atoms with Crippen LogP contribution in [0.15, 0.2) is 18.2 Å². The van der Waals surface area contributed by atoms with Crippen molar-refractivity contribution < 1.29 is 23.8 Å². The second-order valence-electron chi connectivity index (χ2n) is 7.62. The number of amides is 2. The zero-order valence-electron chi connectivity index (χ0n) is 15.1. The van der Waals surface area contributed by atoms with Crippen molar-refractivity contribution in [3.63, 3.8) is 0 Å². The van der Waals surface area contributed by atoms with E-state index in [0.717, 1.165) is 12.8 Å². The van der Waals surface area contributed by atoms with Gasteiger partial charge >= 0.3 is 12.0 Å². The van der Waals surface area contributed by atoms with Gasteiger partial charge in [-0.15, -0.1) is 0 Å². The van der Waals surface area contributed by atoms with E-state index < -0.39 is 11.4 Å². The lowest BCUT2D eigenvalue weighted by atomic mass is 9.81. The molecule has 2 aliphatic heterocycles. The number of ether oxygens (including phenoxy) is 1. The zero-order valence-corrected chi connectivity index (χ0v) is 15.1. The van der Waals surface area contributed by atoms with Gasteiger partial charge in [0.05, 0.1) is 30.0 Å². The Bertz CT molecular complexity index is 752. The Labute approximate surface area is 157 Å². The molecule has 1 saturated carbocycles. The topological polar surface area (TPSA) is 82.1 Å². The van der Waals surface area contributed by atoms with Crippen molar-refractivity contribution in [1.82, 2.24) is 4.90 Å².